The quantitative estimate of drug-likeness (QED) is 0.629. The first-order chi connectivity index (χ1) is 16.0. The van der Waals surface area contributed by atoms with Crippen LogP contribution >= 0.6 is 0 Å². The molecule has 1 saturated heterocycles. The SMILES string of the molecule is CN(C)C(=O)[C@@]1(Cc2ccccc2-c2cccnc2)CCCN(C(=O)CC2CCCCC2)C1. The lowest BCUT2D eigenvalue weighted by molar-refractivity contribution is -0.147. The Morgan fingerprint density at radius 1 is 1.06 bits per heavy atom. The zero-order chi connectivity index (χ0) is 23.3. The molecule has 33 heavy (non-hydrogen) atoms. The summed E-state index contributed by atoms with van der Waals surface area (Å²) >= 11 is 0. The van der Waals surface area contributed by atoms with Gasteiger partial charge in [-0.15, -0.1) is 0 Å². The standard InChI is InChI=1S/C28H37N3O2/c1-30(2)27(33)28(19-23-12-6-7-14-25(23)24-13-8-16-29-20-24)15-9-17-31(21-28)26(32)18-22-10-4-3-5-11-22/h6-8,12-14,16,20,22H,3-5,9-11,15,17-19,21H2,1-2H3/t28-/m1/s1. The van der Waals surface area contributed by atoms with E-state index in [1.54, 1.807) is 11.1 Å². The van der Waals surface area contributed by atoms with Crippen LogP contribution in [0.25, 0.3) is 11.1 Å². The highest BCUT2D eigenvalue weighted by atomic mass is 16.2. The lowest BCUT2D eigenvalue weighted by Crippen LogP contribution is -2.54. The van der Waals surface area contributed by atoms with Crippen molar-refractivity contribution in [2.45, 2.75) is 57.8 Å². The third-order valence-electron chi connectivity index (χ3n) is 7.50. The van der Waals surface area contributed by atoms with Crippen LogP contribution in [0.5, 0.6) is 0 Å². The van der Waals surface area contributed by atoms with Crippen molar-refractivity contribution >= 4 is 11.8 Å². The third-order valence-corrected chi connectivity index (χ3v) is 7.50. The molecule has 1 aliphatic carbocycles. The van der Waals surface area contributed by atoms with Crippen molar-refractivity contribution in [2.24, 2.45) is 11.3 Å². The molecule has 2 fully saturated rings. The van der Waals surface area contributed by atoms with Gasteiger partial charge in [0.05, 0.1) is 5.41 Å². The first kappa shape index (κ1) is 23.5. The first-order valence-electron chi connectivity index (χ1n) is 12.5. The number of piperidine rings is 1. The van der Waals surface area contributed by atoms with Crippen LogP contribution in [0.3, 0.4) is 0 Å². The fourth-order valence-electron chi connectivity index (χ4n) is 5.82. The molecular weight excluding hydrogens is 410 g/mol. The van der Waals surface area contributed by atoms with Crippen LogP contribution in [0.1, 0.15) is 56.9 Å². The van der Waals surface area contributed by atoms with Gasteiger partial charge in [-0.25, -0.2) is 0 Å². The molecule has 4 rings (SSSR count). The van der Waals surface area contributed by atoms with E-state index in [4.69, 9.17) is 0 Å². The maximum Gasteiger partial charge on any atom is 0.230 e. The number of benzene rings is 1. The summed E-state index contributed by atoms with van der Waals surface area (Å²) in [4.78, 5) is 34.9. The summed E-state index contributed by atoms with van der Waals surface area (Å²) in [6, 6.07) is 12.3. The van der Waals surface area contributed by atoms with Gasteiger partial charge in [-0.3, -0.25) is 14.6 Å². The number of pyridine rings is 1. The highest BCUT2D eigenvalue weighted by molar-refractivity contribution is 5.85. The van der Waals surface area contributed by atoms with Crippen molar-refractivity contribution in [3.8, 4) is 11.1 Å². The van der Waals surface area contributed by atoms with Crippen molar-refractivity contribution in [1.82, 2.24) is 14.8 Å². The molecule has 0 bridgehead atoms. The van der Waals surface area contributed by atoms with Crippen LogP contribution in [0, 0.1) is 11.3 Å². The molecule has 176 valence electrons. The number of carbonyl (C=O) groups excluding carboxylic acids is 2. The Morgan fingerprint density at radius 3 is 2.58 bits per heavy atom. The van der Waals surface area contributed by atoms with Crippen LogP contribution in [0.2, 0.25) is 0 Å². The number of likely N-dealkylation sites (tertiary alicyclic amines) is 1. The summed E-state index contributed by atoms with van der Waals surface area (Å²) in [6.07, 6.45) is 12.7. The second-order valence-electron chi connectivity index (χ2n) is 10.2. The van der Waals surface area contributed by atoms with Gasteiger partial charge >= 0.3 is 0 Å². The van der Waals surface area contributed by atoms with E-state index in [-0.39, 0.29) is 11.8 Å². The number of rotatable bonds is 6. The van der Waals surface area contributed by atoms with E-state index < -0.39 is 5.41 Å². The third kappa shape index (κ3) is 5.45. The molecule has 2 heterocycles. The van der Waals surface area contributed by atoms with Gasteiger partial charge in [0, 0.05) is 51.6 Å². The topological polar surface area (TPSA) is 53.5 Å². The van der Waals surface area contributed by atoms with Gasteiger partial charge in [0.25, 0.3) is 0 Å². The van der Waals surface area contributed by atoms with Gasteiger partial charge in [-0.2, -0.15) is 0 Å². The number of amides is 2. The van der Waals surface area contributed by atoms with E-state index in [1.807, 2.05) is 43.4 Å². The van der Waals surface area contributed by atoms with Gasteiger partial charge in [-0.05, 0) is 55.2 Å². The van der Waals surface area contributed by atoms with Gasteiger partial charge in [0.2, 0.25) is 11.8 Å². The average Bonchev–Trinajstić information content (AvgIpc) is 2.85. The van der Waals surface area contributed by atoms with Crippen LogP contribution in [-0.4, -0.2) is 53.8 Å². The molecule has 5 heteroatoms. The Hall–Kier alpha value is -2.69. The van der Waals surface area contributed by atoms with Gasteiger partial charge in [0.1, 0.15) is 0 Å². The lowest BCUT2D eigenvalue weighted by Gasteiger charge is -2.43. The summed E-state index contributed by atoms with van der Waals surface area (Å²) in [6.45, 7) is 1.27. The molecule has 1 aromatic carbocycles. The first-order valence-corrected chi connectivity index (χ1v) is 12.5. The van der Waals surface area contributed by atoms with E-state index in [0.717, 1.165) is 36.1 Å². The molecule has 2 aromatic rings. The van der Waals surface area contributed by atoms with E-state index in [2.05, 4.69) is 23.2 Å². The van der Waals surface area contributed by atoms with Gasteiger partial charge < -0.3 is 9.80 Å². The van der Waals surface area contributed by atoms with Crippen LogP contribution in [0.4, 0.5) is 0 Å². The summed E-state index contributed by atoms with van der Waals surface area (Å²) in [5.74, 6) is 0.871. The van der Waals surface area contributed by atoms with E-state index in [9.17, 15) is 9.59 Å². The molecule has 5 nitrogen and oxygen atoms in total. The molecule has 0 spiro atoms. The number of hydrogen-bond acceptors (Lipinski definition) is 3. The highest BCUT2D eigenvalue weighted by Gasteiger charge is 2.44. The molecule has 1 atom stereocenters. The molecule has 2 aliphatic rings. The van der Waals surface area contributed by atoms with Crippen molar-refractivity contribution < 1.29 is 9.59 Å². The number of hydrogen-bond donors (Lipinski definition) is 0. The number of aromatic nitrogens is 1. The molecular formula is C28H37N3O2. The zero-order valence-corrected chi connectivity index (χ0v) is 20.1. The maximum atomic E-state index is 13.6. The summed E-state index contributed by atoms with van der Waals surface area (Å²) in [5, 5.41) is 0. The molecule has 1 saturated carbocycles. The van der Waals surface area contributed by atoms with Crippen LogP contribution in [-0.2, 0) is 16.0 Å². The fraction of sp³-hybridized carbons (Fsp3) is 0.536. The smallest absolute Gasteiger partial charge is 0.230 e. The lowest BCUT2D eigenvalue weighted by atomic mass is 9.72. The van der Waals surface area contributed by atoms with Crippen molar-refractivity contribution in [3.63, 3.8) is 0 Å². The monoisotopic (exact) mass is 447 g/mol. The Labute approximate surface area is 198 Å². The highest BCUT2D eigenvalue weighted by Crippen LogP contribution is 2.39. The molecule has 2 amide bonds. The molecule has 0 unspecified atom stereocenters. The Bertz CT molecular complexity index is 953. The fourth-order valence-corrected chi connectivity index (χ4v) is 5.82. The number of nitrogens with zero attached hydrogens (tertiary/aromatic N) is 3. The maximum absolute atomic E-state index is 13.6. The van der Waals surface area contributed by atoms with E-state index in [1.165, 1.54) is 32.1 Å². The zero-order valence-electron chi connectivity index (χ0n) is 20.1. The molecule has 0 radical (unpaired) electrons. The van der Waals surface area contributed by atoms with Crippen molar-refractivity contribution in [3.05, 3.63) is 54.4 Å². The van der Waals surface area contributed by atoms with Crippen molar-refractivity contribution in [2.75, 3.05) is 27.2 Å². The van der Waals surface area contributed by atoms with E-state index in [0.29, 0.717) is 25.3 Å². The van der Waals surface area contributed by atoms with Gasteiger partial charge in [0.15, 0.2) is 0 Å². The summed E-state index contributed by atoms with van der Waals surface area (Å²) in [7, 11) is 3.67. The normalized spacial score (nSPS) is 21.6. The average molecular weight is 448 g/mol. The van der Waals surface area contributed by atoms with E-state index >= 15 is 0 Å². The Kier molecular flexibility index (Phi) is 7.46. The van der Waals surface area contributed by atoms with Crippen LogP contribution < -0.4 is 0 Å². The Morgan fingerprint density at radius 2 is 1.85 bits per heavy atom. The largest absolute Gasteiger partial charge is 0.348 e. The second-order valence-corrected chi connectivity index (χ2v) is 10.2. The van der Waals surface area contributed by atoms with Crippen molar-refractivity contribution in [1.29, 1.82) is 0 Å². The minimum Gasteiger partial charge on any atom is -0.348 e. The minimum atomic E-state index is -0.595. The summed E-state index contributed by atoms with van der Waals surface area (Å²) in [5.41, 5.74) is 2.72. The van der Waals surface area contributed by atoms with Gasteiger partial charge in [-0.1, -0.05) is 49.6 Å². The second kappa shape index (κ2) is 10.5. The Balaban J connectivity index is 1.60. The minimum absolute atomic E-state index is 0.124. The summed E-state index contributed by atoms with van der Waals surface area (Å²) < 4.78 is 0. The predicted molar refractivity (Wildman–Crippen MR) is 132 cm³/mol. The predicted octanol–water partition coefficient (Wildman–Crippen LogP) is 4.96. The molecule has 1 aliphatic heterocycles. The number of carbonyl (C=O) groups is 2. The molecule has 1 aromatic heterocycles. The molecule has 0 N–H and O–H groups in total. The van der Waals surface area contributed by atoms with Crippen LogP contribution in [0.15, 0.2) is 48.8 Å².